The minimum absolute atomic E-state index is 0.0328. The van der Waals surface area contributed by atoms with Crippen LogP contribution in [0.15, 0.2) is 40.2 Å². The Morgan fingerprint density at radius 1 is 1.35 bits per heavy atom. The van der Waals surface area contributed by atoms with Crippen molar-refractivity contribution >= 4 is 33.2 Å². The molecule has 0 saturated carbocycles. The first-order valence-corrected chi connectivity index (χ1v) is 6.90. The molecule has 1 heterocycles. The van der Waals surface area contributed by atoms with Gasteiger partial charge in [-0.3, -0.25) is 4.79 Å². The maximum Gasteiger partial charge on any atom is 0.251 e. The van der Waals surface area contributed by atoms with Crippen molar-refractivity contribution in [2.75, 3.05) is 0 Å². The molecule has 1 aromatic heterocycles. The first-order valence-electron chi connectivity index (χ1n) is 5.23. The van der Waals surface area contributed by atoms with Crippen LogP contribution in [0.1, 0.15) is 20.8 Å². The molecular weight excluding hydrogens is 298 g/mol. The second kappa shape index (κ2) is 5.47. The molecule has 88 valence electrons. The third-order valence-corrected chi connectivity index (χ3v) is 4.06. The van der Waals surface area contributed by atoms with E-state index in [0.29, 0.717) is 12.1 Å². The normalized spacial score (nSPS) is 10.2. The van der Waals surface area contributed by atoms with Gasteiger partial charge in [-0.15, -0.1) is 11.3 Å². The van der Waals surface area contributed by atoms with Crippen LogP contribution in [-0.2, 0) is 6.54 Å². The quantitative estimate of drug-likeness (QED) is 0.919. The highest BCUT2D eigenvalue weighted by molar-refractivity contribution is 9.10. The smallest absolute Gasteiger partial charge is 0.251 e. The molecule has 0 aliphatic carbocycles. The van der Waals surface area contributed by atoms with Gasteiger partial charge in [0.1, 0.15) is 0 Å². The van der Waals surface area contributed by atoms with Gasteiger partial charge in [-0.2, -0.15) is 0 Å². The lowest BCUT2D eigenvalue weighted by Crippen LogP contribution is -2.22. The highest BCUT2D eigenvalue weighted by atomic mass is 79.9. The van der Waals surface area contributed by atoms with Gasteiger partial charge in [-0.25, -0.2) is 0 Å². The van der Waals surface area contributed by atoms with Gasteiger partial charge >= 0.3 is 0 Å². The predicted octanol–water partition coefficient (Wildman–Crippen LogP) is 3.75. The molecule has 0 unspecified atom stereocenters. The van der Waals surface area contributed by atoms with E-state index in [-0.39, 0.29) is 5.91 Å². The molecule has 2 aromatic rings. The molecule has 0 bridgehead atoms. The standard InChI is InChI=1S/C13H12BrNOS/c1-9-2-4-10(5-3-9)13(16)15-7-12-6-11(14)8-17-12/h2-6,8H,7H2,1H3,(H,15,16). The van der Waals surface area contributed by atoms with Crippen molar-refractivity contribution in [2.45, 2.75) is 13.5 Å². The van der Waals surface area contributed by atoms with Crippen molar-refractivity contribution in [1.82, 2.24) is 5.32 Å². The van der Waals surface area contributed by atoms with E-state index >= 15 is 0 Å². The minimum atomic E-state index is -0.0328. The topological polar surface area (TPSA) is 29.1 Å². The highest BCUT2D eigenvalue weighted by Gasteiger charge is 2.05. The number of thiophene rings is 1. The average molecular weight is 310 g/mol. The van der Waals surface area contributed by atoms with Crippen LogP contribution >= 0.6 is 27.3 Å². The van der Waals surface area contributed by atoms with Gasteiger partial charge in [-0.1, -0.05) is 17.7 Å². The lowest BCUT2D eigenvalue weighted by Gasteiger charge is -2.03. The SMILES string of the molecule is Cc1ccc(C(=O)NCc2cc(Br)cs2)cc1. The van der Waals surface area contributed by atoms with E-state index in [0.717, 1.165) is 14.9 Å². The number of nitrogens with one attached hydrogen (secondary N) is 1. The van der Waals surface area contributed by atoms with Crippen molar-refractivity contribution < 1.29 is 4.79 Å². The summed E-state index contributed by atoms with van der Waals surface area (Å²) < 4.78 is 1.06. The molecule has 0 atom stereocenters. The summed E-state index contributed by atoms with van der Waals surface area (Å²) in [4.78, 5) is 13.0. The molecule has 2 rings (SSSR count). The summed E-state index contributed by atoms with van der Waals surface area (Å²) >= 11 is 5.02. The first kappa shape index (κ1) is 12.3. The molecule has 0 fully saturated rings. The molecule has 0 aliphatic rings. The Kier molecular flexibility index (Phi) is 3.97. The molecular formula is C13H12BrNOS. The van der Waals surface area contributed by atoms with Crippen molar-refractivity contribution in [3.05, 3.63) is 56.2 Å². The van der Waals surface area contributed by atoms with Gasteiger partial charge in [0.25, 0.3) is 5.91 Å². The monoisotopic (exact) mass is 309 g/mol. The number of amides is 1. The van der Waals surface area contributed by atoms with Crippen molar-refractivity contribution in [1.29, 1.82) is 0 Å². The summed E-state index contributed by atoms with van der Waals surface area (Å²) in [7, 11) is 0. The second-order valence-corrected chi connectivity index (χ2v) is 5.69. The van der Waals surface area contributed by atoms with Crippen molar-refractivity contribution in [3.8, 4) is 0 Å². The number of carbonyl (C=O) groups is 1. The number of rotatable bonds is 3. The predicted molar refractivity (Wildman–Crippen MR) is 74.4 cm³/mol. The Bertz CT molecular complexity index is 518. The number of hydrogen-bond donors (Lipinski definition) is 1. The van der Waals surface area contributed by atoms with E-state index in [4.69, 9.17) is 0 Å². The van der Waals surface area contributed by atoms with E-state index in [1.807, 2.05) is 42.6 Å². The van der Waals surface area contributed by atoms with Gasteiger partial charge in [0.05, 0.1) is 6.54 Å². The fourth-order valence-electron chi connectivity index (χ4n) is 1.42. The molecule has 1 aromatic carbocycles. The Hall–Kier alpha value is -1.13. The van der Waals surface area contributed by atoms with Gasteiger partial charge in [0, 0.05) is 20.3 Å². The van der Waals surface area contributed by atoms with Gasteiger partial charge in [0.2, 0.25) is 0 Å². The number of halogens is 1. The molecule has 1 amide bonds. The van der Waals surface area contributed by atoms with Crippen molar-refractivity contribution in [3.63, 3.8) is 0 Å². The lowest BCUT2D eigenvalue weighted by molar-refractivity contribution is 0.0951. The first-order chi connectivity index (χ1) is 8.15. The average Bonchev–Trinajstić information content (AvgIpc) is 2.73. The molecule has 17 heavy (non-hydrogen) atoms. The second-order valence-electron chi connectivity index (χ2n) is 3.78. The highest BCUT2D eigenvalue weighted by Crippen LogP contribution is 2.19. The summed E-state index contributed by atoms with van der Waals surface area (Å²) in [6, 6.07) is 9.58. The summed E-state index contributed by atoms with van der Waals surface area (Å²) in [6.07, 6.45) is 0. The van der Waals surface area contributed by atoms with E-state index in [2.05, 4.69) is 21.2 Å². The third-order valence-electron chi connectivity index (χ3n) is 2.36. The van der Waals surface area contributed by atoms with Crippen molar-refractivity contribution in [2.24, 2.45) is 0 Å². The lowest BCUT2D eigenvalue weighted by atomic mass is 10.1. The van der Waals surface area contributed by atoms with Crippen LogP contribution in [0.4, 0.5) is 0 Å². The fourth-order valence-corrected chi connectivity index (χ4v) is 2.81. The van der Waals surface area contributed by atoms with Crippen LogP contribution in [-0.4, -0.2) is 5.91 Å². The number of carbonyl (C=O) groups excluding carboxylic acids is 1. The zero-order valence-corrected chi connectivity index (χ0v) is 11.8. The fraction of sp³-hybridized carbons (Fsp3) is 0.154. The van der Waals surface area contributed by atoms with Gasteiger partial charge < -0.3 is 5.32 Å². The Balaban J connectivity index is 1.95. The Morgan fingerprint density at radius 2 is 2.06 bits per heavy atom. The molecule has 0 saturated heterocycles. The van der Waals surface area contributed by atoms with Crippen LogP contribution in [0.5, 0.6) is 0 Å². The maximum absolute atomic E-state index is 11.8. The third kappa shape index (κ3) is 3.41. The summed E-state index contributed by atoms with van der Waals surface area (Å²) in [5, 5.41) is 4.91. The molecule has 0 spiro atoms. The summed E-state index contributed by atoms with van der Waals surface area (Å²) in [5.74, 6) is -0.0328. The maximum atomic E-state index is 11.8. The summed E-state index contributed by atoms with van der Waals surface area (Å²) in [6.45, 7) is 2.58. The minimum Gasteiger partial charge on any atom is -0.347 e. The van der Waals surface area contributed by atoms with Crippen LogP contribution in [0.3, 0.4) is 0 Å². The Morgan fingerprint density at radius 3 is 2.65 bits per heavy atom. The zero-order valence-electron chi connectivity index (χ0n) is 9.37. The summed E-state index contributed by atoms with van der Waals surface area (Å²) in [5.41, 5.74) is 1.86. The van der Waals surface area contributed by atoms with E-state index in [1.165, 1.54) is 0 Å². The number of hydrogen-bond acceptors (Lipinski definition) is 2. The van der Waals surface area contributed by atoms with Crippen LogP contribution in [0, 0.1) is 6.92 Å². The molecule has 1 N–H and O–H groups in total. The molecule has 2 nitrogen and oxygen atoms in total. The number of benzene rings is 1. The molecule has 4 heteroatoms. The van der Waals surface area contributed by atoms with Crippen LogP contribution < -0.4 is 5.32 Å². The van der Waals surface area contributed by atoms with Crippen LogP contribution in [0.25, 0.3) is 0 Å². The number of aryl methyl sites for hydroxylation is 1. The van der Waals surface area contributed by atoms with E-state index < -0.39 is 0 Å². The zero-order chi connectivity index (χ0) is 12.3. The van der Waals surface area contributed by atoms with Gasteiger partial charge in [-0.05, 0) is 41.1 Å². The Labute approximate surface area is 113 Å². The molecule has 0 radical (unpaired) electrons. The van der Waals surface area contributed by atoms with E-state index in [1.54, 1.807) is 11.3 Å². The largest absolute Gasteiger partial charge is 0.347 e. The molecule has 0 aliphatic heterocycles. The van der Waals surface area contributed by atoms with E-state index in [9.17, 15) is 4.79 Å². The van der Waals surface area contributed by atoms with Gasteiger partial charge in [0.15, 0.2) is 0 Å². The van der Waals surface area contributed by atoms with Crippen LogP contribution in [0.2, 0.25) is 0 Å².